The van der Waals surface area contributed by atoms with Gasteiger partial charge < -0.3 is 24.2 Å². The van der Waals surface area contributed by atoms with Gasteiger partial charge in [0.15, 0.2) is 0 Å². The molecule has 1 fully saturated rings. The lowest BCUT2D eigenvalue weighted by Crippen LogP contribution is -2.49. The molecule has 1 aromatic heterocycles. The largest absolute Gasteiger partial charge is 0.497 e. The minimum Gasteiger partial charge on any atom is -0.497 e. The fourth-order valence-electron chi connectivity index (χ4n) is 6.77. The summed E-state index contributed by atoms with van der Waals surface area (Å²) >= 11 is 6.17. The van der Waals surface area contributed by atoms with E-state index in [0.717, 1.165) is 11.8 Å². The molecule has 2 N–H and O–H groups in total. The van der Waals surface area contributed by atoms with E-state index in [-0.39, 0.29) is 54.3 Å². The Morgan fingerprint density at radius 1 is 1.12 bits per heavy atom. The Hall–Kier alpha value is -4.31. The summed E-state index contributed by atoms with van der Waals surface area (Å²) in [7, 11) is -2.75. The maximum atomic E-state index is 15.7. The number of halogens is 2. The predicted molar refractivity (Wildman–Crippen MR) is 208 cm³/mol. The van der Waals surface area contributed by atoms with Crippen molar-refractivity contribution >= 4 is 33.5 Å². The highest BCUT2D eigenvalue weighted by Gasteiger charge is 2.36. The number of carbonyl (C=O) groups is 2. The molecule has 3 aromatic rings. The molecule has 1 saturated heterocycles. The lowest BCUT2D eigenvalue weighted by atomic mass is 9.75. The number of ether oxygens (including phenoxy) is 3. The minimum absolute atomic E-state index is 0.0497. The number of aliphatic hydroxyl groups is 1. The number of ketones is 1. The average Bonchev–Trinajstić information content (AvgIpc) is 3.14. The lowest BCUT2D eigenvalue weighted by molar-refractivity contribution is -0.120. The van der Waals surface area contributed by atoms with Crippen molar-refractivity contribution in [3.8, 4) is 5.75 Å². The van der Waals surface area contributed by atoms with Gasteiger partial charge in [-0.05, 0) is 118 Å². The van der Waals surface area contributed by atoms with Gasteiger partial charge in [-0.25, -0.2) is 22.3 Å². The Morgan fingerprint density at radius 3 is 2.38 bits per heavy atom. The van der Waals surface area contributed by atoms with E-state index in [9.17, 15) is 28.6 Å². The van der Waals surface area contributed by atoms with Crippen molar-refractivity contribution in [2.45, 2.75) is 94.4 Å². The smallest absolute Gasteiger partial charge is 0.410 e. The first-order valence-electron chi connectivity index (χ1n) is 18.3. The first-order valence-corrected chi connectivity index (χ1v) is 20.2. The van der Waals surface area contributed by atoms with Gasteiger partial charge in [-0.1, -0.05) is 28.8 Å². The second kappa shape index (κ2) is 20.2. The van der Waals surface area contributed by atoms with E-state index < -0.39 is 57.4 Å². The highest BCUT2D eigenvalue weighted by atomic mass is 35.5. The predicted octanol–water partition coefficient (Wildman–Crippen LogP) is 6.78. The zero-order chi connectivity index (χ0) is 41.0. The lowest BCUT2D eigenvalue weighted by Gasteiger charge is -2.34. The zero-order valence-electron chi connectivity index (χ0n) is 32.2. The van der Waals surface area contributed by atoms with Crippen LogP contribution in [0.3, 0.4) is 0 Å². The molecular formula is C39H50ClFN6O8S. The van der Waals surface area contributed by atoms with Crippen molar-refractivity contribution in [1.29, 1.82) is 0 Å². The second-order valence-corrected chi connectivity index (χ2v) is 17.0. The number of Topliss-reactive ketones (excluding diaryl/α,β-unsaturated/α-hetero) is 1. The second-order valence-electron chi connectivity index (χ2n) is 14.8. The summed E-state index contributed by atoms with van der Waals surface area (Å²) in [6.07, 6.45) is 1.40. The molecule has 1 aliphatic heterocycles. The minimum atomic E-state index is -4.20. The standard InChI is InChI=1S/C39H50ClFN6O8S/c1-25(48)23-47(38(50)55-39(2,3)4)24-30(45-56(51,52)32-13-11-31(53-5)12-14-32)10-15-33-28(21-43-22-34(33)41)20-35(49)37(44-46-42)36(27-16-18-54-19-17-27)26-6-8-29(40)9-7-26/h6-9,11-14,21-22,25,27,30,36-37,45,48H,10,15-20,23-24H2,1-5H3/t25-,30+,36+,37-/m1/s1. The van der Waals surface area contributed by atoms with Crippen molar-refractivity contribution in [2.75, 3.05) is 33.4 Å². The molecule has 0 unspecified atom stereocenters. The average molecular weight is 817 g/mol. The van der Waals surface area contributed by atoms with Gasteiger partial charge in [0.2, 0.25) is 10.0 Å². The van der Waals surface area contributed by atoms with Crippen molar-refractivity contribution in [3.63, 3.8) is 0 Å². The number of carbonyl (C=O) groups excluding carboxylic acids is 2. The van der Waals surface area contributed by atoms with Gasteiger partial charge in [-0.2, -0.15) is 0 Å². The number of methoxy groups -OCH3 is 1. The Kier molecular flexibility index (Phi) is 16.0. The molecule has 1 aliphatic rings. The molecule has 4 atom stereocenters. The van der Waals surface area contributed by atoms with Crippen molar-refractivity contribution in [1.82, 2.24) is 14.6 Å². The third kappa shape index (κ3) is 12.9. The number of sulfonamides is 1. The Bertz CT molecular complexity index is 1930. The molecular weight excluding hydrogens is 767 g/mol. The van der Waals surface area contributed by atoms with Gasteiger partial charge >= 0.3 is 6.09 Å². The summed E-state index contributed by atoms with van der Waals surface area (Å²) in [5.74, 6) is -1.29. The topological polar surface area (TPSA) is 193 Å². The molecule has 0 spiro atoms. The van der Waals surface area contributed by atoms with Crippen LogP contribution in [0.25, 0.3) is 10.4 Å². The van der Waals surface area contributed by atoms with Crippen molar-refractivity contribution in [3.05, 3.63) is 98.9 Å². The van der Waals surface area contributed by atoms with Gasteiger partial charge in [-0.3, -0.25) is 9.78 Å². The van der Waals surface area contributed by atoms with Crippen molar-refractivity contribution in [2.24, 2.45) is 11.0 Å². The summed E-state index contributed by atoms with van der Waals surface area (Å²) in [5.41, 5.74) is 9.86. The quantitative estimate of drug-likeness (QED) is 0.0791. The zero-order valence-corrected chi connectivity index (χ0v) is 33.8. The first-order chi connectivity index (χ1) is 26.5. The highest BCUT2D eigenvalue weighted by molar-refractivity contribution is 7.89. The van der Waals surface area contributed by atoms with Crippen LogP contribution in [0, 0.1) is 11.7 Å². The van der Waals surface area contributed by atoms with Crippen LogP contribution in [-0.2, 0) is 37.1 Å². The normalized spacial score (nSPS) is 15.9. The third-order valence-corrected chi connectivity index (χ3v) is 11.1. The number of hydrogen-bond acceptors (Lipinski definition) is 10. The number of aromatic nitrogens is 1. The van der Waals surface area contributed by atoms with Gasteiger partial charge in [0.1, 0.15) is 29.0 Å². The Morgan fingerprint density at radius 2 is 1.79 bits per heavy atom. The van der Waals surface area contributed by atoms with Crippen LogP contribution in [0.2, 0.25) is 5.02 Å². The fourth-order valence-corrected chi connectivity index (χ4v) is 8.16. The van der Waals surface area contributed by atoms with E-state index in [0.29, 0.717) is 36.8 Å². The Balaban J connectivity index is 1.66. The molecule has 304 valence electrons. The summed E-state index contributed by atoms with van der Waals surface area (Å²) < 4.78 is 62.0. The number of aliphatic hydroxyl groups excluding tert-OH is 1. The molecule has 0 radical (unpaired) electrons. The number of amides is 1. The third-order valence-electron chi connectivity index (χ3n) is 9.35. The van der Waals surface area contributed by atoms with Gasteiger partial charge in [-0.15, -0.1) is 0 Å². The molecule has 0 aliphatic carbocycles. The van der Waals surface area contributed by atoms with Crippen LogP contribution >= 0.6 is 11.6 Å². The first kappa shape index (κ1) is 44.4. The summed E-state index contributed by atoms with van der Waals surface area (Å²) in [6, 6.07) is 10.6. The number of nitrogens with zero attached hydrogens (tertiary/aromatic N) is 5. The van der Waals surface area contributed by atoms with E-state index >= 15 is 4.39 Å². The van der Waals surface area contributed by atoms with Crippen LogP contribution in [-0.4, -0.2) is 92.5 Å². The number of hydrogen-bond donors (Lipinski definition) is 2. The summed E-state index contributed by atoms with van der Waals surface area (Å²) in [4.78, 5) is 35.7. The number of nitrogens with one attached hydrogen (secondary N) is 1. The van der Waals surface area contributed by atoms with Gasteiger partial charge in [0, 0.05) is 60.8 Å². The molecule has 0 saturated carbocycles. The maximum absolute atomic E-state index is 15.7. The van der Waals surface area contributed by atoms with E-state index in [2.05, 4.69) is 19.7 Å². The van der Waals surface area contributed by atoms with Crippen molar-refractivity contribution < 1.29 is 41.7 Å². The SMILES string of the molecule is COc1ccc(S(=O)(=O)N[C@@H](CCc2c(F)cncc2CC(=O)[C@@H](N=[N+]=[N-])[C@@H](c2ccc(Cl)cc2)C2CCOCC2)CN(C[C@@H](C)O)C(=O)OC(C)(C)C)cc1. The van der Waals surface area contributed by atoms with Crippen LogP contribution < -0.4 is 9.46 Å². The van der Waals surface area contributed by atoms with Crippen LogP contribution in [0.1, 0.15) is 69.6 Å². The van der Waals surface area contributed by atoms with Crippen LogP contribution in [0.15, 0.2) is 70.9 Å². The monoisotopic (exact) mass is 816 g/mol. The van der Waals surface area contributed by atoms with E-state index in [4.69, 9.17) is 25.8 Å². The van der Waals surface area contributed by atoms with Crippen LogP contribution in [0.4, 0.5) is 9.18 Å². The highest BCUT2D eigenvalue weighted by Crippen LogP contribution is 2.38. The molecule has 14 nitrogen and oxygen atoms in total. The molecule has 2 aromatic carbocycles. The molecule has 2 heterocycles. The van der Waals surface area contributed by atoms with E-state index in [1.54, 1.807) is 45.0 Å². The molecule has 1 amide bonds. The summed E-state index contributed by atoms with van der Waals surface area (Å²) in [6.45, 7) is 7.05. The van der Waals surface area contributed by atoms with Gasteiger partial charge in [0.05, 0.1) is 24.3 Å². The molecule has 4 rings (SSSR count). The Labute approximate surface area is 332 Å². The fraction of sp³-hybridized carbons (Fsp3) is 0.513. The summed E-state index contributed by atoms with van der Waals surface area (Å²) in [5, 5.41) is 14.8. The number of rotatable bonds is 18. The van der Waals surface area contributed by atoms with E-state index in [1.165, 1.54) is 49.4 Å². The van der Waals surface area contributed by atoms with E-state index in [1.807, 2.05) is 0 Å². The molecule has 17 heteroatoms. The van der Waals surface area contributed by atoms with Gasteiger partial charge in [0.25, 0.3) is 0 Å². The number of benzene rings is 2. The maximum Gasteiger partial charge on any atom is 0.410 e. The molecule has 56 heavy (non-hydrogen) atoms. The molecule has 0 bridgehead atoms. The number of azide groups is 1. The van der Waals surface area contributed by atoms with Crippen LogP contribution in [0.5, 0.6) is 5.75 Å². The number of pyridine rings is 1.